The largest absolute Gasteiger partial charge is 0.478 e. The minimum Gasteiger partial charge on any atom is -0.478 e. The van der Waals surface area contributed by atoms with Gasteiger partial charge in [-0.05, 0) is 25.1 Å². The number of carbonyl (C=O) groups excluding carboxylic acids is 1. The van der Waals surface area contributed by atoms with Crippen molar-refractivity contribution in [3.8, 4) is 12.3 Å². The summed E-state index contributed by atoms with van der Waals surface area (Å²) in [6.45, 7) is 1.64. The first-order chi connectivity index (χ1) is 8.43. The highest BCUT2D eigenvalue weighted by molar-refractivity contribution is 9.10. The van der Waals surface area contributed by atoms with Gasteiger partial charge in [-0.1, -0.05) is 21.9 Å². The molecule has 0 spiro atoms. The second-order valence-electron chi connectivity index (χ2n) is 3.48. The number of terminal acetylenes is 1. The van der Waals surface area contributed by atoms with Gasteiger partial charge in [0.2, 0.25) is 0 Å². The molecule has 0 aliphatic carbocycles. The van der Waals surface area contributed by atoms with Crippen LogP contribution in [0.5, 0.6) is 0 Å². The van der Waals surface area contributed by atoms with Gasteiger partial charge in [0.25, 0.3) is 0 Å². The van der Waals surface area contributed by atoms with Gasteiger partial charge in [0.05, 0.1) is 17.3 Å². The van der Waals surface area contributed by atoms with Crippen molar-refractivity contribution in [3.63, 3.8) is 0 Å². The number of aromatic carboxylic acids is 1. The van der Waals surface area contributed by atoms with Crippen LogP contribution in [0.15, 0.2) is 22.7 Å². The molecule has 0 heterocycles. The van der Waals surface area contributed by atoms with E-state index in [1.54, 1.807) is 13.0 Å². The third kappa shape index (κ3) is 3.79. The molecule has 1 aromatic carbocycles. The highest BCUT2D eigenvalue weighted by atomic mass is 79.9. The predicted molar refractivity (Wildman–Crippen MR) is 71.6 cm³/mol. The molecule has 0 fully saturated rings. The molecule has 0 bridgehead atoms. The van der Waals surface area contributed by atoms with Gasteiger partial charge in [-0.2, -0.15) is 0 Å². The van der Waals surface area contributed by atoms with Crippen molar-refractivity contribution in [1.29, 1.82) is 0 Å². The lowest BCUT2D eigenvalue weighted by molar-refractivity contribution is 0.0698. The van der Waals surface area contributed by atoms with Crippen LogP contribution in [0, 0.1) is 12.3 Å². The van der Waals surface area contributed by atoms with Gasteiger partial charge in [-0.15, -0.1) is 6.42 Å². The van der Waals surface area contributed by atoms with Gasteiger partial charge >= 0.3 is 12.0 Å². The Morgan fingerprint density at radius 3 is 2.72 bits per heavy atom. The Bertz CT molecular complexity index is 523. The van der Waals surface area contributed by atoms with E-state index in [9.17, 15) is 9.59 Å². The monoisotopic (exact) mass is 310 g/mol. The zero-order valence-electron chi connectivity index (χ0n) is 9.53. The standard InChI is InChI=1S/C12H11BrN2O3/c1-3-7(2)14-12(18)15-10-6-8(13)4-5-9(10)11(16)17/h1,4-7H,2H3,(H,16,17)(H2,14,15,18). The van der Waals surface area contributed by atoms with Crippen LogP contribution in [0.4, 0.5) is 10.5 Å². The van der Waals surface area contributed by atoms with Crippen LogP contribution >= 0.6 is 15.9 Å². The molecule has 1 aromatic rings. The summed E-state index contributed by atoms with van der Waals surface area (Å²) in [5.74, 6) is 1.21. The number of amides is 2. The van der Waals surface area contributed by atoms with Crippen molar-refractivity contribution in [2.75, 3.05) is 5.32 Å². The van der Waals surface area contributed by atoms with Crippen molar-refractivity contribution >= 4 is 33.6 Å². The molecule has 1 rings (SSSR count). The van der Waals surface area contributed by atoms with Crippen LogP contribution in [0.25, 0.3) is 0 Å². The number of carboxylic acids is 1. The maximum atomic E-state index is 11.5. The van der Waals surface area contributed by atoms with Crippen molar-refractivity contribution in [3.05, 3.63) is 28.2 Å². The van der Waals surface area contributed by atoms with E-state index in [0.29, 0.717) is 4.47 Å². The van der Waals surface area contributed by atoms with Gasteiger partial charge in [0, 0.05) is 4.47 Å². The van der Waals surface area contributed by atoms with E-state index in [0.717, 1.165) is 0 Å². The Hall–Kier alpha value is -2.00. The Morgan fingerprint density at radius 1 is 1.50 bits per heavy atom. The molecule has 94 valence electrons. The van der Waals surface area contributed by atoms with Gasteiger partial charge in [-0.3, -0.25) is 0 Å². The summed E-state index contributed by atoms with van der Waals surface area (Å²) in [6.07, 6.45) is 5.12. The summed E-state index contributed by atoms with van der Waals surface area (Å²) in [7, 11) is 0. The average molecular weight is 311 g/mol. The fourth-order valence-corrected chi connectivity index (χ4v) is 1.56. The van der Waals surface area contributed by atoms with Gasteiger partial charge in [-0.25, -0.2) is 9.59 Å². The van der Waals surface area contributed by atoms with Crippen molar-refractivity contribution in [1.82, 2.24) is 5.32 Å². The fourth-order valence-electron chi connectivity index (χ4n) is 1.20. The second-order valence-corrected chi connectivity index (χ2v) is 4.40. The molecule has 2 amide bonds. The van der Waals surface area contributed by atoms with E-state index in [-0.39, 0.29) is 11.3 Å². The van der Waals surface area contributed by atoms with Crippen LogP contribution in [-0.2, 0) is 0 Å². The maximum absolute atomic E-state index is 11.5. The molecule has 0 aromatic heterocycles. The molecule has 6 heteroatoms. The quantitative estimate of drug-likeness (QED) is 0.749. The summed E-state index contributed by atoms with van der Waals surface area (Å²) in [5.41, 5.74) is 0.195. The molecule has 3 N–H and O–H groups in total. The molecule has 0 radical (unpaired) electrons. The SMILES string of the molecule is C#CC(C)NC(=O)Nc1cc(Br)ccc1C(=O)O. The Kier molecular flexibility index (Phi) is 4.75. The number of hydrogen-bond acceptors (Lipinski definition) is 2. The van der Waals surface area contributed by atoms with Crippen LogP contribution in [0.1, 0.15) is 17.3 Å². The number of carboxylic acid groups (broad SMARTS) is 1. The lowest BCUT2D eigenvalue weighted by atomic mass is 10.2. The molecule has 0 aliphatic heterocycles. The number of nitrogens with one attached hydrogen (secondary N) is 2. The fraction of sp³-hybridized carbons (Fsp3) is 0.167. The van der Waals surface area contributed by atoms with E-state index >= 15 is 0 Å². The molecule has 18 heavy (non-hydrogen) atoms. The van der Waals surface area contributed by atoms with Crippen LogP contribution in [0.2, 0.25) is 0 Å². The zero-order valence-corrected chi connectivity index (χ0v) is 11.1. The number of benzene rings is 1. The van der Waals surface area contributed by atoms with E-state index < -0.39 is 18.0 Å². The number of halogens is 1. The Labute approximate surface area is 113 Å². The van der Waals surface area contributed by atoms with E-state index in [4.69, 9.17) is 11.5 Å². The molecule has 0 saturated carbocycles. The first-order valence-electron chi connectivity index (χ1n) is 5.00. The first-order valence-corrected chi connectivity index (χ1v) is 5.80. The molecular formula is C12H11BrN2O3. The van der Waals surface area contributed by atoms with E-state index in [1.165, 1.54) is 12.1 Å². The van der Waals surface area contributed by atoms with E-state index in [1.807, 2.05) is 0 Å². The molecule has 1 unspecified atom stereocenters. The van der Waals surface area contributed by atoms with Gasteiger partial charge < -0.3 is 15.7 Å². The minimum absolute atomic E-state index is 0.00158. The Balaban J connectivity index is 2.90. The van der Waals surface area contributed by atoms with Gasteiger partial charge in [0.1, 0.15) is 0 Å². The smallest absolute Gasteiger partial charge is 0.337 e. The topological polar surface area (TPSA) is 78.4 Å². The summed E-state index contributed by atoms with van der Waals surface area (Å²) in [4.78, 5) is 22.5. The summed E-state index contributed by atoms with van der Waals surface area (Å²) >= 11 is 3.20. The maximum Gasteiger partial charge on any atom is 0.337 e. The zero-order chi connectivity index (χ0) is 13.7. The van der Waals surface area contributed by atoms with Crippen LogP contribution in [-0.4, -0.2) is 23.1 Å². The number of urea groups is 1. The van der Waals surface area contributed by atoms with Gasteiger partial charge in [0.15, 0.2) is 0 Å². The number of rotatable bonds is 3. The predicted octanol–water partition coefficient (Wildman–Crippen LogP) is 2.29. The van der Waals surface area contributed by atoms with Crippen molar-refractivity contribution < 1.29 is 14.7 Å². The highest BCUT2D eigenvalue weighted by Gasteiger charge is 2.13. The number of carbonyl (C=O) groups is 2. The average Bonchev–Trinajstić information content (AvgIpc) is 2.28. The molecule has 5 nitrogen and oxygen atoms in total. The van der Waals surface area contributed by atoms with Crippen molar-refractivity contribution in [2.24, 2.45) is 0 Å². The summed E-state index contributed by atoms with van der Waals surface area (Å²) < 4.78 is 0.660. The molecule has 0 aliphatic rings. The normalized spacial score (nSPS) is 11.2. The molecule has 1 atom stereocenters. The van der Waals surface area contributed by atoms with Crippen LogP contribution in [0.3, 0.4) is 0 Å². The number of anilines is 1. The third-order valence-electron chi connectivity index (χ3n) is 2.06. The lowest BCUT2D eigenvalue weighted by Crippen LogP contribution is -2.35. The number of hydrogen-bond donors (Lipinski definition) is 3. The van der Waals surface area contributed by atoms with Crippen LogP contribution < -0.4 is 10.6 Å². The highest BCUT2D eigenvalue weighted by Crippen LogP contribution is 2.21. The minimum atomic E-state index is -1.12. The Morgan fingerprint density at radius 2 is 2.17 bits per heavy atom. The van der Waals surface area contributed by atoms with Crippen molar-refractivity contribution in [2.45, 2.75) is 13.0 Å². The molecule has 0 saturated heterocycles. The second kappa shape index (κ2) is 6.07. The summed E-state index contributed by atoms with van der Waals surface area (Å²) in [5, 5.41) is 13.9. The summed E-state index contributed by atoms with van der Waals surface area (Å²) in [6, 6.07) is 3.48. The van der Waals surface area contributed by atoms with E-state index in [2.05, 4.69) is 32.5 Å². The molecular weight excluding hydrogens is 300 g/mol. The lowest BCUT2D eigenvalue weighted by Gasteiger charge is -2.11. The first kappa shape index (κ1) is 14.1. The third-order valence-corrected chi connectivity index (χ3v) is 2.55.